The average molecular weight is 456 g/mol. The van der Waals surface area contributed by atoms with E-state index in [1.807, 2.05) is 18.2 Å². The van der Waals surface area contributed by atoms with Crippen molar-refractivity contribution in [1.29, 1.82) is 5.26 Å². The zero-order valence-electron chi connectivity index (χ0n) is 19.6. The van der Waals surface area contributed by atoms with Crippen LogP contribution in [0.25, 0.3) is 65.3 Å². The maximum absolute atomic E-state index is 9.19. The van der Waals surface area contributed by atoms with Crippen molar-refractivity contribution in [3.05, 3.63) is 133 Å². The smallest absolute Gasteiger partial charge is 0.0991 e. The first-order valence-electron chi connectivity index (χ1n) is 12.2. The summed E-state index contributed by atoms with van der Waals surface area (Å²) in [5.41, 5.74) is 5.46. The van der Waals surface area contributed by atoms with Crippen LogP contribution in [0.15, 0.2) is 127 Å². The summed E-state index contributed by atoms with van der Waals surface area (Å²) < 4.78 is 0. The highest BCUT2D eigenvalue weighted by atomic mass is 14.2. The van der Waals surface area contributed by atoms with Gasteiger partial charge in [-0.2, -0.15) is 5.26 Å². The molecule has 166 valence electrons. The predicted molar refractivity (Wildman–Crippen MR) is 152 cm³/mol. The number of nitriles is 1. The molecule has 0 aliphatic carbocycles. The van der Waals surface area contributed by atoms with Gasteiger partial charge in [-0.3, -0.25) is 0 Å². The van der Waals surface area contributed by atoms with Gasteiger partial charge in [0.1, 0.15) is 0 Å². The SMILES string of the molecule is N#Cc1ccc2cc(-c3cccc(-c4ccc5c6ccccc6c6ccccc6c5c4)c3)ccc2c1. The van der Waals surface area contributed by atoms with Gasteiger partial charge in [-0.25, -0.2) is 0 Å². The van der Waals surface area contributed by atoms with Gasteiger partial charge in [-0.15, -0.1) is 0 Å². The summed E-state index contributed by atoms with van der Waals surface area (Å²) in [5.74, 6) is 0. The first kappa shape index (κ1) is 20.4. The Hall–Kier alpha value is -4.93. The van der Waals surface area contributed by atoms with Gasteiger partial charge < -0.3 is 0 Å². The summed E-state index contributed by atoms with van der Waals surface area (Å²) >= 11 is 0. The Labute approximate surface area is 209 Å². The average Bonchev–Trinajstić information content (AvgIpc) is 2.96. The number of hydrogen-bond acceptors (Lipinski definition) is 1. The van der Waals surface area contributed by atoms with Gasteiger partial charge in [0, 0.05) is 0 Å². The Bertz CT molecular complexity index is 1970. The molecule has 7 aromatic rings. The van der Waals surface area contributed by atoms with Crippen LogP contribution in [0.5, 0.6) is 0 Å². The normalized spacial score (nSPS) is 11.3. The molecule has 7 rings (SSSR count). The largest absolute Gasteiger partial charge is 0.192 e. The number of rotatable bonds is 2. The molecule has 1 heteroatoms. The van der Waals surface area contributed by atoms with Crippen LogP contribution in [-0.4, -0.2) is 0 Å². The molecule has 0 atom stereocenters. The molecule has 0 unspecified atom stereocenters. The Balaban J connectivity index is 1.39. The van der Waals surface area contributed by atoms with Crippen LogP contribution in [0.1, 0.15) is 5.56 Å². The monoisotopic (exact) mass is 455 g/mol. The maximum atomic E-state index is 9.19. The minimum absolute atomic E-state index is 0.689. The topological polar surface area (TPSA) is 23.8 Å². The summed E-state index contributed by atoms with van der Waals surface area (Å²) in [6.45, 7) is 0. The molecule has 1 nitrogen and oxygen atoms in total. The minimum Gasteiger partial charge on any atom is -0.192 e. The van der Waals surface area contributed by atoms with Gasteiger partial charge in [-0.1, -0.05) is 97.1 Å². The quantitative estimate of drug-likeness (QED) is 0.238. The van der Waals surface area contributed by atoms with E-state index in [2.05, 4.69) is 115 Å². The summed E-state index contributed by atoms with van der Waals surface area (Å²) in [6.07, 6.45) is 0. The van der Waals surface area contributed by atoms with E-state index in [-0.39, 0.29) is 0 Å². The lowest BCUT2D eigenvalue weighted by molar-refractivity contribution is 1.50. The third-order valence-electron chi connectivity index (χ3n) is 7.24. The number of benzene rings is 7. The maximum Gasteiger partial charge on any atom is 0.0991 e. The van der Waals surface area contributed by atoms with Crippen molar-refractivity contribution in [2.45, 2.75) is 0 Å². The number of hydrogen-bond donors (Lipinski definition) is 0. The Morgan fingerprint density at radius 3 is 1.53 bits per heavy atom. The molecule has 0 amide bonds. The molecule has 0 spiro atoms. The molecule has 0 fully saturated rings. The van der Waals surface area contributed by atoms with Gasteiger partial charge in [0.05, 0.1) is 11.6 Å². The molecule has 0 N–H and O–H groups in total. The first-order valence-corrected chi connectivity index (χ1v) is 12.2. The second-order valence-corrected chi connectivity index (χ2v) is 9.32. The zero-order chi connectivity index (χ0) is 24.1. The summed E-state index contributed by atoms with van der Waals surface area (Å²) in [5, 5.41) is 19.2. The standard InChI is InChI=1S/C35H21N/c36-22-23-12-13-27-20-28(15-14-26(27)18-23)24-6-5-7-25(19-24)29-16-17-34-32-10-2-1-8-30(32)31-9-3-4-11-33(31)35(34)21-29/h1-21H. The van der Waals surface area contributed by atoms with Crippen LogP contribution in [0, 0.1) is 11.3 Å². The van der Waals surface area contributed by atoms with Crippen molar-refractivity contribution in [2.75, 3.05) is 0 Å². The van der Waals surface area contributed by atoms with Crippen LogP contribution >= 0.6 is 0 Å². The van der Waals surface area contributed by atoms with Crippen molar-refractivity contribution in [3.8, 4) is 28.3 Å². The van der Waals surface area contributed by atoms with Gasteiger partial charge in [0.15, 0.2) is 0 Å². The van der Waals surface area contributed by atoms with E-state index >= 15 is 0 Å². The van der Waals surface area contributed by atoms with Crippen molar-refractivity contribution in [3.63, 3.8) is 0 Å². The summed E-state index contributed by atoms with van der Waals surface area (Å²) in [7, 11) is 0. The highest BCUT2D eigenvalue weighted by Crippen LogP contribution is 2.37. The molecule has 0 saturated heterocycles. The lowest BCUT2D eigenvalue weighted by atomic mass is 9.91. The lowest BCUT2D eigenvalue weighted by Gasteiger charge is -2.12. The highest BCUT2D eigenvalue weighted by Gasteiger charge is 2.10. The molecular formula is C35H21N. The van der Waals surface area contributed by atoms with Crippen molar-refractivity contribution < 1.29 is 0 Å². The van der Waals surface area contributed by atoms with Gasteiger partial charge >= 0.3 is 0 Å². The summed E-state index contributed by atoms with van der Waals surface area (Å²) in [6, 6.07) is 47.5. The predicted octanol–water partition coefficient (Wildman–Crippen LogP) is 9.51. The molecule has 0 aliphatic rings. The first-order chi connectivity index (χ1) is 17.8. The fraction of sp³-hybridized carbons (Fsp3) is 0. The molecule has 0 radical (unpaired) electrons. The van der Waals surface area contributed by atoms with E-state index in [0.29, 0.717) is 5.56 Å². The highest BCUT2D eigenvalue weighted by molar-refractivity contribution is 6.25. The zero-order valence-corrected chi connectivity index (χ0v) is 19.6. The summed E-state index contributed by atoms with van der Waals surface area (Å²) in [4.78, 5) is 0. The van der Waals surface area contributed by atoms with Crippen molar-refractivity contribution >= 4 is 43.1 Å². The molecule has 0 bridgehead atoms. The van der Waals surface area contributed by atoms with Gasteiger partial charge in [0.2, 0.25) is 0 Å². The van der Waals surface area contributed by atoms with Crippen LogP contribution in [0.3, 0.4) is 0 Å². The van der Waals surface area contributed by atoms with E-state index in [0.717, 1.165) is 10.8 Å². The van der Waals surface area contributed by atoms with Crippen molar-refractivity contribution in [2.24, 2.45) is 0 Å². The van der Waals surface area contributed by atoms with Crippen LogP contribution in [0.4, 0.5) is 0 Å². The van der Waals surface area contributed by atoms with Crippen LogP contribution in [-0.2, 0) is 0 Å². The molecule has 36 heavy (non-hydrogen) atoms. The third-order valence-corrected chi connectivity index (χ3v) is 7.24. The molecule has 0 aliphatic heterocycles. The van der Waals surface area contributed by atoms with E-state index in [4.69, 9.17) is 0 Å². The van der Waals surface area contributed by atoms with Crippen LogP contribution in [0.2, 0.25) is 0 Å². The Kier molecular flexibility index (Phi) is 4.59. The second kappa shape index (κ2) is 8.08. The van der Waals surface area contributed by atoms with Gasteiger partial charge in [-0.05, 0) is 95.7 Å². The second-order valence-electron chi connectivity index (χ2n) is 9.32. The molecule has 0 saturated carbocycles. The third kappa shape index (κ3) is 3.24. The molecule has 7 aromatic carbocycles. The fourth-order valence-corrected chi connectivity index (χ4v) is 5.46. The van der Waals surface area contributed by atoms with Crippen molar-refractivity contribution in [1.82, 2.24) is 0 Å². The fourth-order valence-electron chi connectivity index (χ4n) is 5.46. The molecule has 0 aromatic heterocycles. The van der Waals surface area contributed by atoms with Gasteiger partial charge in [0.25, 0.3) is 0 Å². The number of nitrogens with zero attached hydrogens (tertiary/aromatic N) is 1. The number of fused-ring (bicyclic) bond motifs is 7. The Morgan fingerprint density at radius 1 is 0.361 bits per heavy atom. The van der Waals surface area contributed by atoms with Crippen LogP contribution < -0.4 is 0 Å². The molecule has 0 heterocycles. The van der Waals surface area contributed by atoms with E-state index in [9.17, 15) is 5.26 Å². The molecular weight excluding hydrogens is 434 g/mol. The van der Waals surface area contributed by atoms with E-state index < -0.39 is 0 Å². The lowest BCUT2D eigenvalue weighted by Crippen LogP contribution is -1.86. The van der Waals surface area contributed by atoms with E-state index in [1.54, 1.807) is 0 Å². The van der Waals surface area contributed by atoms with E-state index in [1.165, 1.54) is 54.6 Å². The minimum atomic E-state index is 0.689. The Morgan fingerprint density at radius 2 is 0.861 bits per heavy atom.